The first-order valence-electron chi connectivity index (χ1n) is 7.91. The third-order valence-corrected chi connectivity index (χ3v) is 3.54. The van der Waals surface area contributed by atoms with Gasteiger partial charge in [0.25, 0.3) is 0 Å². The first kappa shape index (κ1) is 32.5. The maximum absolute atomic E-state index is 11.4. The van der Waals surface area contributed by atoms with E-state index in [-0.39, 0.29) is 85.5 Å². The predicted octanol–water partition coefficient (Wildman–Crippen LogP) is -1.64. The zero-order chi connectivity index (χ0) is 22.0. The van der Waals surface area contributed by atoms with Crippen molar-refractivity contribution in [3.8, 4) is 23.0 Å². The number of benzene rings is 1. The van der Waals surface area contributed by atoms with Crippen molar-refractivity contribution in [2.45, 2.75) is 13.8 Å². The Balaban J connectivity index is -0.000000200. The van der Waals surface area contributed by atoms with Crippen LogP contribution < -0.4 is 39.0 Å². The number of phenolic OH excluding ortho intramolecular Hbond substituents is 2. The average Bonchev–Trinajstić information content (AvgIpc) is 2.69. The van der Waals surface area contributed by atoms with Crippen LogP contribution in [0.3, 0.4) is 0 Å². The molecule has 11 heteroatoms. The zero-order valence-corrected chi connectivity index (χ0v) is 20.5. The Morgan fingerprint density at radius 3 is 1.70 bits per heavy atom. The number of carbonyl (C=O) groups excluding carboxylic acids is 2. The van der Waals surface area contributed by atoms with Crippen LogP contribution in [0.25, 0.3) is 0 Å². The minimum Gasteiger partial charge on any atom is -1.00 e. The summed E-state index contributed by atoms with van der Waals surface area (Å²) in [5.41, 5.74) is 0.901. The molecule has 1 aliphatic carbocycles. The molecule has 3 N–H and O–H groups in total. The SMILES string of the molecule is CO.COC1=C(OC)C(=O)C(C)=CC1=O.COc1c(O)cc(C)c(O)c1OC.[B].[H-].[Na+]. The monoisotopic (exact) mass is 433 g/mol. The zero-order valence-electron chi connectivity index (χ0n) is 19.5. The Bertz CT molecular complexity index is 795. The molecule has 0 saturated carbocycles. The number of hydrogen-bond donors (Lipinski definition) is 3. The standard InChI is InChI=1S/C9H12O4.C9H10O4.CH4O.B.Na.H/c2*1-5-4-6(10)8(12-2)9(13-3)7(5)11;1-2;;;/h4,10-11H,1-3H3;4H,1-3H3;2H,1H3;;;/q;;;;+1;-1. The predicted molar refractivity (Wildman–Crippen MR) is 107 cm³/mol. The van der Waals surface area contributed by atoms with Crippen LogP contribution >= 0.6 is 0 Å². The van der Waals surface area contributed by atoms with E-state index in [4.69, 9.17) is 24.1 Å². The smallest absolute Gasteiger partial charge is 1.00 e. The fourth-order valence-electron chi connectivity index (χ4n) is 2.23. The quantitative estimate of drug-likeness (QED) is 0.291. The second-order valence-electron chi connectivity index (χ2n) is 5.21. The van der Waals surface area contributed by atoms with Crippen molar-refractivity contribution in [3.05, 3.63) is 34.8 Å². The first-order chi connectivity index (χ1) is 13.2. The fourth-order valence-corrected chi connectivity index (χ4v) is 2.23. The molecule has 0 bridgehead atoms. The molecule has 0 saturated heterocycles. The summed E-state index contributed by atoms with van der Waals surface area (Å²) in [6.45, 7) is 3.22. The van der Waals surface area contributed by atoms with Crippen molar-refractivity contribution >= 4 is 20.0 Å². The Morgan fingerprint density at radius 2 is 1.30 bits per heavy atom. The van der Waals surface area contributed by atoms with Gasteiger partial charge in [-0.05, 0) is 31.6 Å². The van der Waals surface area contributed by atoms with Crippen LogP contribution in [0.1, 0.15) is 13.9 Å². The first-order valence-corrected chi connectivity index (χ1v) is 7.91. The molecular weight excluding hydrogens is 406 g/mol. The average molecular weight is 433 g/mol. The second-order valence-corrected chi connectivity index (χ2v) is 5.21. The molecule has 0 atom stereocenters. The van der Waals surface area contributed by atoms with E-state index in [9.17, 15) is 19.8 Å². The molecule has 30 heavy (non-hydrogen) atoms. The Labute approximate surface area is 201 Å². The molecule has 161 valence electrons. The van der Waals surface area contributed by atoms with Crippen molar-refractivity contribution in [2.24, 2.45) is 0 Å². The van der Waals surface area contributed by atoms with Crippen molar-refractivity contribution < 1.29 is 74.8 Å². The van der Waals surface area contributed by atoms with E-state index in [1.54, 1.807) is 13.8 Å². The van der Waals surface area contributed by atoms with E-state index in [0.717, 1.165) is 7.11 Å². The number of ketones is 2. The number of phenols is 2. The third kappa shape index (κ3) is 7.60. The normalized spacial score (nSPS) is 11.9. The summed E-state index contributed by atoms with van der Waals surface area (Å²) in [5.74, 6) is -0.460. The summed E-state index contributed by atoms with van der Waals surface area (Å²) in [6, 6.07) is 1.41. The molecular formula is C19H27BNaO9. The van der Waals surface area contributed by atoms with Gasteiger partial charge >= 0.3 is 29.6 Å². The number of rotatable bonds is 4. The van der Waals surface area contributed by atoms with E-state index in [1.165, 1.54) is 40.6 Å². The van der Waals surface area contributed by atoms with Gasteiger partial charge < -0.3 is 35.7 Å². The van der Waals surface area contributed by atoms with Gasteiger partial charge in [-0.3, -0.25) is 9.59 Å². The molecule has 0 unspecified atom stereocenters. The molecule has 2 rings (SSSR count). The van der Waals surface area contributed by atoms with E-state index in [0.29, 0.717) is 11.1 Å². The van der Waals surface area contributed by atoms with Crippen molar-refractivity contribution in [1.82, 2.24) is 0 Å². The summed E-state index contributed by atoms with van der Waals surface area (Å²) < 4.78 is 19.3. The molecule has 0 spiro atoms. The maximum atomic E-state index is 11.4. The van der Waals surface area contributed by atoms with E-state index in [1.807, 2.05) is 0 Å². The van der Waals surface area contributed by atoms with Crippen molar-refractivity contribution in [2.75, 3.05) is 35.5 Å². The number of aryl methyl sites for hydroxylation is 1. The number of aliphatic hydroxyl groups is 1. The Kier molecular flexibility index (Phi) is 17.0. The number of Topliss-reactive ketones (excluding diaryl/α,β-unsaturated/α-hetero) is 1. The van der Waals surface area contributed by atoms with Gasteiger partial charge in [-0.1, -0.05) is 0 Å². The molecule has 3 radical (unpaired) electrons. The molecule has 0 aliphatic heterocycles. The van der Waals surface area contributed by atoms with E-state index >= 15 is 0 Å². The summed E-state index contributed by atoms with van der Waals surface area (Å²) >= 11 is 0. The minimum absolute atomic E-state index is 0. The molecule has 0 amide bonds. The number of carbonyl (C=O) groups is 2. The molecule has 1 aromatic carbocycles. The van der Waals surface area contributed by atoms with Crippen LogP contribution in [0.2, 0.25) is 0 Å². The van der Waals surface area contributed by atoms with Gasteiger partial charge in [-0.2, -0.15) is 0 Å². The van der Waals surface area contributed by atoms with E-state index in [2.05, 4.69) is 0 Å². The van der Waals surface area contributed by atoms with Gasteiger partial charge in [0.2, 0.25) is 34.6 Å². The van der Waals surface area contributed by atoms with Gasteiger partial charge in [0.15, 0.2) is 11.5 Å². The Hall–Kier alpha value is -2.14. The molecule has 0 heterocycles. The van der Waals surface area contributed by atoms with Crippen LogP contribution in [0.5, 0.6) is 23.0 Å². The minimum atomic E-state index is -0.337. The van der Waals surface area contributed by atoms with Crippen LogP contribution in [-0.2, 0) is 19.1 Å². The van der Waals surface area contributed by atoms with Crippen LogP contribution in [-0.4, -0.2) is 70.8 Å². The number of allylic oxidation sites excluding steroid dienone is 2. The topological polar surface area (TPSA) is 132 Å². The molecule has 0 aromatic heterocycles. The van der Waals surface area contributed by atoms with Crippen LogP contribution in [0.15, 0.2) is 29.2 Å². The van der Waals surface area contributed by atoms with Crippen LogP contribution in [0.4, 0.5) is 0 Å². The van der Waals surface area contributed by atoms with Gasteiger partial charge in [-0.15, -0.1) is 0 Å². The van der Waals surface area contributed by atoms with E-state index < -0.39 is 0 Å². The van der Waals surface area contributed by atoms with Gasteiger partial charge in [0.1, 0.15) is 0 Å². The summed E-state index contributed by atoms with van der Waals surface area (Å²) in [5, 5.41) is 25.9. The second kappa shape index (κ2) is 15.7. The molecule has 9 nitrogen and oxygen atoms in total. The number of aromatic hydroxyl groups is 2. The summed E-state index contributed by atoms with van der Waals surface area (Å²) in [4.78, 5) is 22.6. The summed E-state index contributed by atoms with van der Waals surface area (Å²) in [7, 11) is 6.45. The maximum Gasteiger partial charge on any atom is 1.00 e. The third-order valence-electron chi connectivity index (χ3n) is 3.54. The number of methoxy groups -OCH3 is 4. The van der Waals surface area contributed by atoms with Gasteiger partial charge in [-0.25, -0.2) is 0 Å². The van der Waals surface area contributed by atoms with Gasteiger partial charge in [0.05, 0.1) is 28.4 Å². The van der Waals surface area contributed by atoms with Gasteiger partial charge in [0, 0.05) is 21.1 Å². The fraction of sp³-hybridized carbons (Fsp3) is 0.368. The summed E-state index contributed by atoms with van der Waals surface area (Å²) in [6.07, 6.45) is 1.24. The largest absolute Gasteiger partial charge is 1.00 e. The molecule has 0 fully saturated rings. The number of aliphatic hydroxyl groups excluding tert-OH is 1. The number of ether oxygens (including phenoxy) is 4. The molecule has 1 aromatic rings. The van der Waals surface area contributed by atoms with Crippen molar-refractivity contribution in [1.29, 1.82) is 0 Å². The Morgan fingerprint density at radius 1 is 0.833 bits per heavy atom. The van der Waals surface area contributed by atoms with Crippen molar-refractivity contribution in [3.63, 3.8) is 0 Å². The van der Waals surface area contributed by atoms with Crippen LogP contribution in [0, 0.1) is 6.92 Å². The molecule has 1 aliphatic rings. The number of hydrogen-bond acceptors (Lipinski definition) is 9.